The molecule has 2 nitrogen and oxygen atoms in total. The van der Waals surface area contributed by atoms with Gasteiger partial charge in [0.25, 0.3) is 0 Å². The van der Waals surface area contributed by atoms with E-state index < -0.39 is 0 Å². The standard InChI is InChI=1S/C12H26N2/c1-12(2,10-14(3)4)9-13-11-7-5-6-8-11/h11,13H,5-10H2,1-4H3. The number of hydrogen-bond donors (Lipinski definition) is 1. The number of nitrogens with one attached hydrogen (secondary N) is 1. The summed E-state index contributed by atoms with van der Waals surface area (Å²) >= 11 is 0. The Morgan fingerprint density at radius 3 is 2.29 bits per heavy atom. The third-order valence-corrected chi connectivity index (χ3v) is 2.97. The summed E-state index contributed by atoms with van der Waals surface area (Å²) in [6, 6.07) is 0.802. The second-order valence-corrected chi connectivity index (χ2v) is 5.76. The van der Waals surface area contributed by atoms with Gasteiger partial charge in [-0.3, -0.25) is 0 Å². The molecule has 1 aliphatic rings. The molecule has 0 spiro atoms. The first-order chi connectivity index (χ1) is 6.49. The minimum absolute atomic E-state index is 0.395. The van der Waals surface area contributed by atoms with Crippen LogP contribution in [0, 0.1) is 5.41 Å². The van der Waals surface area contributed by atoms with Gasteiger partial charge in [-0.25, -0.2) is 0 Å². The van der Waals surface area contributed by atoms with Crippen LogP contribution >= 0.6 is 0 Å². The van der Waals surface area contributed by atoms with Gasteiger partial charge in [-0.1, -0.05) is 26.7 Å². The fraction of sp³-hybridized carbons (Fsp3) is 1.00. The maximum Gasteiger partial charge on any atom is 0.00673 e. The normalized spacial score (nSPS) is 19.5. The Morgan fingerprint density at radius 1 is 1.21 bits per heavy atom. The molecule has 84 valence electrons. The molecule has 1 rings (SSSR count). The SMILES string of the molecule is CN(C)CC(C)(C)CNC1CCCC1. The van der Waals surface area contributed by atoms with Crippen LogP contribution < -0.4 is 5.32 Å². The minimum Gasteiger partial charge on any atom is -0.313 e. The summed E-state index contributed by atoms with van der Waals surface area (Å²) in [5.74, 6) is 0. The smallest absolute Gasteiger partial charge is 0.00673 e. The summed E-state index contributed by atoms with van der Waals surface area (Å²) in [6.07, 6.45) is 5.62. The van der Waals surface area contributed by atoms with Crippen LogP contribution in [0.5, 0.6) is 0 Å². The first-order valence-electron chi connectivity index (χ1n) is 5.88. The molecule has 1 fully saturated rings. The predicted molar refractivity (Wildman–Crippen MR) is 62.6 cm³/mol. The largest absolute Gasteiger partial charge is 0.313 e. The zero-order valence-electron chi connectivity index (χ0n) is 10.3. The van der Waals surface area contributed by atoms with Crippen LogP contribution in [0.15, 0.2) is 0 Å². The molecular weight excluding hydrogens is 172 g/mol. The Bertz CT molecular complexity index is 158. The lowest BCUT2D eigenvalue weighted by Gasteiger charge is -2.30. The van der Waals surface area contributed by atoms with E-state index in [9.17, 15) is 0 Å². The molecular formula is C12H26N2. The van der Waals surface area contributed by atoms with Gasteiger partial charge in [0.2, 0.25) is 0 Å². The molecule has 2 heteroatoms. The lowest BCUT2D eigenvalue weighted by Crippen LogP contribution is -2.40. The van der Waals surface area contributed by atoms with E-state index in [1.54, 1.807) is 0 Å². The molecule has 0 radical (unpaired) electrons. The van der Waals surface area contributed by atoms with Crippen molar-refractivity contribution in [3.8, 4) is 0 Å². The van der Waals surface area contributed by atoms with E-state index in [0.29, 0.717) is 5.41 Å². The van der Waals surface area contributed by atoms with Gasteiger partial charge < -0.3 is 10.2 Å². The van der Waals surface area contributed by atoms with Crippen molar-refractivity contribution in [1.82, 2.24) is 10.2 Å². The highest BCUT2D eigenvalue weighted by atomic mass is 15.1. The van der Waals surface area contributed by atoms with Crippen LogP contribution in [0.1, 0.15) is 39.5 Å². The molecule has 0 amide bonds. The number of rotatable bonds is 5. The summed E-state index contributed by atoms with van der Waals surface area (Å²) in [4.78, 5) is 2.27. The molecule has 0 aromatic rings. The Labute approximate surface area is 89.1 Å². The van der Waals surface area contributed by atoms with Gasteiger partial charge in [-0.15, -0.1) is 0 Å². The van der Waals surface area contributed by atoms with Crippen LogP contribution in [-0.2, 0) is 0 Å². The van der Waals surface area contributed by atoms with Gasteiger partial charge in [0.05, 0.1) is 0 Å². The molecule has 0 atom stereocenters. The van der Waals surface area contributed by atoms with Crippen molar-refractivity contribution in [3.63, 3.8) is 0 Å². The van der Waals surface area contributed by atoms with Crippen LogP contribution in [-0.4, -0.2) is 38.1 Å². The van der Waals surface area contributed by atoms with E-state index in [-0.39, 0.29) is 0 Å². The van der Waals surface area contributed by atoms with E-state index in [1.165, 1.54) is 25.7 Å². The molecule has 14 heavy (non-hydrogen) atoms. The molecule has 1 aliphatic carbocycles. The van der Waals surface area contributed by atoms with Crippen molar-refractivity contribution < 1.29 is 0 Å². The van der Waals surface area contributed by atoms with Crippen LogP contribution in [0.25, 0.3) is 0 Å². The molecule has 0 aliphatic heterocycles. The van der Waals surface area contributed by atoms with E-state index >= 15 is 0 Å². The number of nitrogens with zero attached hydrogens (tertiary/aromatic N) is 1. The lowest BCUT2D eigenvalue weighted by molar-refractivity contribution is 0.225. The summed E-state index contributed by atoms with van der Waals surface area (Å²) in [5, 5.41) is 3.70. The molecule has 0 aromatic heterocycles. The molecule has 0 unspecified atom stereocenters. The topological polar surface area (TPSA) is 15.3 Å². The van der Waals surface area contributed by atoms with Gasteiger partial charge in [0.1, 0.15) is 0 Å². The highest BCUT2D eigenvalue weighted by molar-refractivity contribution is 4.79. The molecule has 0 aromatic carbocycles. The molecule has 1 saturated carbocycles. The van der Waals surface area contributed by atoms with Crippen molar-refractivity contribution in [2.45, 2.75) is 45.6 Å². The average molecular weight is 198 g/mol. The maximum absolute atomic E-state index is 3.70. The predicted octanol–water partition coefficient (Wildman–Crippen LogP) is 2.11. The van der Waals surface area contributed by atoms with Gasteiger partial charge >= 0.3 is 0 Å². The first kappa shape index (κ1) is 12.0. The third-order valence-electron chi connectivity index (χ3n) is 2.97. The quantitative estimate of drug-likeness (QED) is 0.728. The van der Waals surface area contributed by atoms with E-state index in [2.05, 4.69) is 38.2 Å². The summed E-state index contributed by atoms with van der Waals surface area (Å²) < 4.78 is 0. The Hall–Kier alpha value is -0.0800. The van der Waals surface area contributed by atoms with E-state index in [0.717, 1.165) is 19.1 Å². The maximum atomic E-state index is 3.70. The average Bonchev–Trinajstić information content (AvgIpc) is 2.50. The third kappa shape index (κ3) is 4.43. The Balaban J connectivity index is 2.20. The van der Waals surface area contributed by atoms with Crippen molar-refractivity contribution in [2.24, 2.45) is 5.41 Å². The monoisotopic (exact) mass is 198 g/mol. The Kier molecular flexibility index (Phi) is 4.39. The van der Waals surface area contributed by atoms with Crippen molar-refractivity contribution in [3.05, 3.63) is 0 Å². The van der Waals surface area contributed by atoms with Crippen molar-refractivity contribution in [1.29, 1.82) is 0 Å². The Morgan fingerprint density at radius 2 is 1.79 bits per heavy atom. The van der Waals surface area contributed by atoms with E-state index in [1.807, 2.05) is 0 Å². The highest BCUT2D eigenvalue weighted by Crippen LogP contribution is 2.20. The first-order valence-corrected chi connectivity index (χ1v) is 5.88. The van der Waals surface area contributed by atoms with Gasteiger partial charge in [-0.2, -0.15) is 0 Å². The second kappa shape index (κ2) is 5.13. The zero-order chi connectivity index (χ0) is 10.6. The molecule has 1 N–H and O–H groups in total. The fourth-order valence-corrected chi connectivity index (χ4v) is 2.46. The molecule has 0 bridgehead atoms. The fourth-order valence-electron chi connectivity index (χ4n) is 2.46. The summed E-state index contributed by atoms with van der Waals surface area (Å²) in [5.41, 5.74) is 0.395. The molecule has 0 saturated heterocycles. The van der Waals surface area contributed by atoms with Gasteiger partial charge in [-0.05, 0) is 32.4 Å². The minimum atomic E-state index is 0.395. The second-order valence-electron chi connectivity index (χ2n) is 5.76. The van der Waals surface area contributed by atoms with Crippen LogP contribution in [0.4, 0.5) is 0 Å². The van der Waals surface area contributed by atoms with E-state index in [4.69, 9.17) is 0 Å². The molecule has 0 heterocycles. The van der Waals surface area contributed by atoms with Gasteiger partial charge in [0.15, 0.2) is 0 Å². The van der Waals surface area contributed by atoms with Gasteiger partial charge in [0, 0.05) is 19.1 Å². The van der Waals surface area contributed by atoms with Crippen molar-refractivity contribution in [2.75, 3.05) is 27.2 Å². The number of hydrogen-bond acceptors (Lipinski definition) is 2. The summed E-state index contributed by atoms with van der Waals surface area (Å²) in [7, 11) is 4.30. The van der Waals surface area contributed by atoms with Crippen LogP contribution in [0.2, 0.25) is 0 Å². The summed E-state index contributed by atoms with van der Waals surface area (Å²) in [6.45, 7) is 6.99. The van der Waals surface area contributed by atoms with Crippen molar-refractivity contribution >= 4 is 0 Å². The zero-order valence-corrected chi connectivity index (χ0v) is 10.3. The van der Waals surface area contributed by atoms with Crippen LogP contribution in [0.3, 0.4) is 0 Å². The lowest BCUT2D eigenvalue weighted by atomic mass is 9.92. The highest BCUT2D eigenvalue weighted by Gasteiger charge is 2.21.